The number of imidazole rings is 1. The average molecular weight is 437 g/mol. The number of rotatable bonds is 9. The van der Waals surface area contributed by atoms with E-state index in [0.29, 0.717) is 26.3 Å². The van der Waals surface area contributed by atoms with Gasteiger partial charge in [0.05, 0.1) is 30.2 Å². The van der Waals surface area contributed by atoms with Crippen LogP contribution in [0.25, 0.3) is 11.0 Å². The molecule has 4 rings (SSSR count). The Morgan fingerprint density at radius 3 is 2.78 bits per heavy atom. The molecule has 0 aliphatic carbocycles. The Bertz CT molecular complexity index is 1020. The molecule has 1 aliphatic rings. The molecule has 0 spiro atoms. The van der Waals surface area contributed by atoms with Crippen LogP contribution in [0.4, 0.5) is 5.95 Å². The van der Waals surface area contributed by atoms with Crippen molar-refractivity contribution in [1.82, 2.24) is 15.3 Å². The molecule has 1 atom stereocenters. The molecule has 0 saturated carbocycles. The SMILES string of the molecule is CCOc1ccc(CCNC(=O)[C@H]2CCCN(c3nc4ccccc4[nH]3)C2)cc1OCC. The number of hydrogen-bond acceptors (Lipinski definition) is 5. The minimum Gasteiger partial charge on any atom is -0.490 e. The van der Waals surface area contributed by atoms with Crippen LogP contribution in [-0.2, 0) is 11.2 Å². The summed E-state index contributed by atoms with van der Waals surface area (Å²) in [7, 11) is 0. The van der Waals surface area contributed by atoms with Gasteiger partial charge in [-0.2, -0.15) is 0 Å². The number of anilines is 1. The lowest BCUT2D eigenvalue weighted by Gasteiger charge is -2.31. The van der Waals surface area contributed by atoms with E-state index in [1.54, 1.807) is 0 Å². The normalized spacial score (nSPS) is 16.2. The van der Waals surface area contributed by atoms with Crippen molar-refractivity contribution < 1.29 is 14.3 Å². The van der Waals surface area contributed by atoms with Crippen molar-refractivity contribution in [3.63, 3.8) is 0 Å². The van der Waals surface area contributed by atoms with Crippen LogP contribution in [0, 0.1) is 5.92 Å². The van der Waals surface area contributed by atoms with Gasteiger partial charge in [0.1, 0.15) is 0 Å². The molecule has 2 aromatic carbocycles. The second-order valence-corrected chi connectivity index (χ2v) is 8.05. The molecule has 3 aromatic rings. The lowest BCUT2D eigenvalue weighted by molar-refractivity contribution is -0.125. The van der Waals surface area contributed by atoms with Crippen LogP contribution in [-0.4, -0.2) is 48.7 Å². The molecule has 1 aromatic heterocycles. The predicted molar refractivity (Wildman–Crippen MR) is 127 cm³/mol. The highest BCUT2D eigenvalue weighted by molar-refractivity contribution is 5.80. The van der Waals surface area contributed by atoms with Gasteiger partial charge in [-0.05, 0) is 62.9 Å². The number of carbonyl (C=O) groups excluding carboxylic acids is 1. The number of nitrogens with zero attached hydrogens (tertiary/aromatic N) is 2. The van der Waals surface area contributed by atoms with Crippen LogP contribution in [0.1, 0.15) is 32.3 Å². The standard InChI is InChI=1S/C25H32N4O3/c1-3-31-22-12-11-18(16-23(22)32-4-2)13-14-26-24(30)19-8-7-15-29(17-19)25-27-20-9-5-6-10-21(20)28-25/h5-6,9-12,16,19H,3-4,7-8,13-15,17H2,1-2H3,(H,26,30)(H,27,28)/t19-/m0/s1. The van der Waals surface area contributed by atoms with Crippen LogP contribution in [0.3, 0.4) is 0 Å². The van der Waals surface area contributed by atoms with Crippen molar-refractivity contribution in [1.29, 1.82) is 0 Å². The van der Waals surface area contributed by atoms with Crippen molar-refractivity contribution in [2.45, 2.75) is 33.1 Å². The highest BCUT2D eigenvalue weighted by Crippen LogP contribution is 2.29. The summed E-state index contributed by atoms with van der Waals surface area (Å²) in [4.78, 5) is 23.1. The Hall–Kier alpha value is -3.22. The smallest absolute Gasteiger partial charge is 0.224 e. The van der Waals surface area contributed by atoms with E-state index in [-0.39, 0.29) is 11.8 Å². The predicted octanol–water partition coefficient (Wildman–Crippen LogP) is 3.94. The van der Waals surface area contributed by atoms with Gasteiger partial charge in [0.2, 0.25) is 11.9 Å². The summed E-state index contributed by atoms with van der Waals surface area (Å²) in [5.74, 6) is 2.45. The second-order valence-electron chi connectivity index (χ2n) is 8.05. The van der Waals surface area contributed by atoms with Gasteiger partial charge in [-0.1, -0.05) is 18.2 Å². The minimum absolute atomic E-state index is 0.0312. The lowest BCUT2D eigenvalue weighted by atomic mass is 9.97. The molecule has 0 bridgehead atoms. The number of piperidine rings is 1. The number of nitrogens with one attached hydrogen (secondary N) is 2. The van der Waals surface area contributed by atoms with E-state index in [1.165, 1.54) is 0 Å². The number of amides is 1. The van der Waals surface area contributed by atoms with Gasteiger partial charge in [0.25, 0.3) is 0 Å². The first-order chi connectivity index (χ1) is 15.7. The molecule has 0 radical (unpaired) electrons. The van der Waals surface area contributed by atoms with E-state index in [0.717, 1.165) is 59.9 Å². The molecule has 32 heavy (non-hydrogen) atoms. The fourth-order valence-corrected chi connectivity index (χ4v) is 4.20. The summed E-state index contributed by atoms with van der Waals surface area (Å²) in [6.07, 6.45) is 2.63. The third kappa shape index (κ3) is 5.15. The molecule has 7 heteroatoms. The van der Waals surface area contributed by atoms with Gasteiger partial charge in [-0.3, -0.25) is 4.79 Å². The van der Waals surface area contributed by atoms with Crippen molar-refractivity contribution in [3.05, 3.63) is 48.0 Å². The monoisotopic (exact) mass is 436 g/mol. The summed E-state index contributed by atoms with van der Waals surface area (Å²) < 4.78 is 11.3. The van der Waals surface area contributed by atoms with Gasteiger partial charge < -0.3 is 24.7 Å². The quantitative estimate of drug-likeness (QED) is 0.531. The summed E-state index contributed by atoms with van der Waals surface area (Å²) in [5.41, 5.74) is 3.09. The Kier molecular flexibility index (Phi) is 7.14. The molecular weight excluding hydrogens is 404 g/mol. The molecule has 1 amide bonds. The van der Waals surface area contributed by atoms with Gasteiger partial charge in [0, 0.05) is 19.6 Å². The first-order valence-electron chi connectivity index (χ1n) is 11.5. The summed E-state index contributed by atoms with van der Waals surface area (Å²) in [6, 6.07) is 14.0. The maximum Gasteiger partial charge on any atom is 0.224 e. The molecule has 7 nitrogen and oxygen atoms in total. The van der Waals surface area contributed by atoms with Crippen LogP contribution in [0.5, 0.6) is 11.5 Å². The number of hydrogen-bond donors (Lipinski definition) is 2. The van der Waals surface area contributed by atoms with Crippen molar-refractivity contribution in [2.75, 3.05) is 37.7 Å². The lowest BCUT2D eigenvalue weighted by Crippen LogP contribution is -2.43. The van der Waals surface area contributed by atoms with Crippen molar-refractivity contribution in [3.8, 4) is 11.5 Å². The minimum atomic E-state index is -0.0312. The Morgan fingerprint density at radius 1 is 1.16 bits per heavy atom. The first kappa shape index (κ1) is 22.0. The Labute approximate surface area is 189 Å². The molecule has 2 heterocycles. The van der Waals surface area contributed by atoms with Crippen molar-refractivity contribution in [2.24, 2.45) is 5.92 Å². The van der Waals surface area contributed by atoms with E-state index in [9.17, 15) is 4.79 Å². The van der Waals surface area contributed by atoms with E-state index >= 15 is 0 Å². The van der Waals surface area contributed by atoms with E-state index in [4.69, 9.17) is 14.5 Å². The topological polar surface area (TPSA) is 79.5 Å². The Balaban J connectivity index is 1.31. The molecule has 170 valence electrons. The van der Waals surface area contributed by atoms with Crippen LogP contribution in [0.15, 0.2) is 42.5 Å². The van der Waals surface area contributed by atoms with Gasteiger partial charge in [-0.15, -0.1) is 0 Å². The maximum atomic E-state index is 12.8. The molecule has 1 aliphatic heterocycles. The third-order valence-electron chi connectivity index (χ3n) is 5.79. The van der Waals surface area contributed by atoms with Crippen molar-refractivity contribution >= 4 is 22.9 Å². The van der Waals surface area contributed by atoms with Gasteiger partial charge >= 0.3 is 0 Å². The fraction of sp³-hybridized carbons (Fsp3) is 0.440. The molecule has 2 N–H and O–H groups in total. The Morgan fingerprint density at radius 2 is 1.97 bits per heavy atom. The zero-order valence-corrected chi connectivity index (χ0v) is 18.9. The van der Waals surface area contributed by atoms with E-state index in [1.807, 2.05) is 56.3 Å². The zero-order chi connectivity index (χ0) is 22.3. The number of ether oxygens (including phenoxy) is 2. The summed E-state index contributed by atoms with van der Waals surface area (Å²) in [6.45, 7) is 7.30. The fourth-order valence-electron chi connectivity index (χ4n) is 4.20. The van der Waals surface area contributed by atoms with Gasteiger partial charge in [-0.25, -0.2) is 4.98 Å². The summed E-state index contributed by atoms with van der Waals surface area (Å²) in [5, 5.41) is 3.12. The highest BCUT2D eigenvalue weighted by atomic mass is 16.5. The van der Waals surface area contributed by atoms with Gasteiger partial charge in [0.15, 0.2) is 11.5 Å². The molecule has 1 saturated heterocycles. The number of carbonyl (C=O) groups is 1. The second kappa shape index (κ2) is 10.4. The van der Waals surface area contributed by atoms with E-state index < -0.39 is 0 Å². The first-order valence-corrected chi connectivity index (χ1v) is 11.5. The largest absolute Gasteiger partial charge is 0.490 e. The summed E-state index contributed by atoms with van der Waals surface area (Å²) >= 11 is 0. The third-order valence-corrected chi connectivity index (χ3v) is 5.79. The number of fused-ring (bicyclic) bond motifs is 1. The molecule has 0 unspecified atom stereocenters. The van der Waals surface area contributed by atoms with Crippen LogP contribution in [0.2, 0.25) is 0 Å². The zero-order valence-electron chi connectivity index (χ0n) is 18.9. The number of aromatic nitrogens is 2. The highest BCUT2D eigenvalue weighted by Gasteiger charge is 2.27. The van der Waals surface area contributed by atoms with E-state index in [2.05, 4.69) is 15.2 Å². The molecular formula is C25H32N4O3. The van der Waals surface area contributed by atoms with Crippen LogP contribution >= 0.6 is 0 Å². The number of aromatic amines is 1. The van der Waals surface area contributed by atoms with Crippen LogP contribution < -0.4 is 19.7 Å². The number of benzene rings is 2. The number of H-pyrrole nitrogens is 1. The number of para-hydroxylation sites is 2. The average Bonchev–Trinajstić information content (AvgIpc) is 3.25. The molecule has 1 fully saturated rings. The maximum absolute atomic E-state index is 12.8.